The van der Waals surface area contributed by atoms with Crippen molar-refractivity contribution >= 4 is 34.5 Å². The molecule has 1 fully saturated rings. The van der Waals surface area contributed by atoms with Crippen LogP contribution in [0.3, 0.4) is 0 Å². The third-order valence-electron chi connectivity index (χ3n) is 4.29. The molecule has 0 saturated carbocycles. The van der Waals surface area contributed by atoms with Crippen LogP contribution in [0, 0.1) is 6.92 Å². The molecule has 1 N–H and O–H groups in total. The van der Waals surface area contributed by atoms with Gasteiger partial charge in [0.25, 0.3) is 0 Å². The zero-order chi connectivity index (χ0) is 17.6. The molecule has 0 radical (unpaired) electrons. The molecule has 1 aliphatic heterocycles. The second kappa shape index (κ2) is 8.58. The maximum Gasteiger partial charge on any atom is 0.222 e. The molecule has 0 aliphatic carbocycles. The van der Waals surface area contributed by atoms with Crippen molar-refractivity contribution in [3.63, 3.8) is 0 Å². The smallest absolute Gasteiger partial charge is 0.222 e. The van der Waals surface area contributed by atoms with Gasteiger partial charge in [0, 0.05) is 43.4 Å². The first-order valence-corrected chi connectivity index (χ1v) is 10.4. The van der Waals surface area contributed by atoms with Gasteiger partial charge in [-0.3, -0.25) is 9.59 Å². The predicted octanol–water partition coefficient (Wildman–Crippen LogP) is 3.32. The molecular formula is C18H23N3O2S2. The lowest BCUT2D eigenvalue weighted by Crippen LogP contribution is -2.31. The number of likely N-dealkylation sites (tertiary alicyclic amines) is 1. The van der Waals surface area contributed by atoms with Crippen LogP contribution >= 0.6 is 22.7 Å². The van der Waals surface area contributed by atoms with E-state index < -0.39 is 0 Å². The molecule has 2 aromatic rings. The van der Waals surface area contributed by atoms with Crippen LogP contribution in [0.15, 0.2) is 22.2 Å². The standard InChI is InChI=1S/C18H23N3O2S2/c1-13-11-25-18(19-13)15(10-14-6-9-24-12-14)20-16(22)4-2-7-21-8-3-5-17(21)23/h6,9,11-12,15H,2-5,7-8,10H2,1H3,(H,20,22)/t15-/m1/s1. The molecule has 1 saturated heterocycles. The summed E-state index contributed by atoms with van der Waals surface area (Å²) in [6.45, 7) is 3.48. The molecule has 134 valence electrons. The summed E-state index contributed by atoms with van der Waals surface area (Å²) in [5, 5.41) is 10.3. The zero-order valence-corrected chi connectivity index (χ0v) is 16.0. The van der Waals surface area contributed by atoms with Crippen molar-refractivity contribution < 1.29 is 9.59 Å². The average molecular weight is 378 g/mol. The fourth-order valence-corrected chi connectivity index (χ4v) is 4.54. The Morgan fingerprint density at radius 3 is 2.96 bits per heavy atom. The summed E-state index contributed by atoms with van der Waals surface area (Å²) in [6.07, 6.45) is 3.50. The maximum absolute atomic E-state index is 12.4. The van der Waals surface area contributed by atoms with Gasteiger partial charge in [-0.1, -0.05) is 0 Å². The van der Waals surface area contributed by atoms with Crippen LogP contribution < -0.4 is 5.32 Å². The van der Waals surface area contributed by atoms with Crippen LogP contribution in [0.4, 0.5) is 0 Å². The molecular weight excluding hydrogens is 354 g/mol. The highest BCUT2D eigenvalue weighted by molar-refractivity contribution is 7.09. The van der Waals surface area contributed by atoms with E-state index in [1.165, 1.54) is 5.56 Å². The molecule has 1 atom stereocenters. The Morgan fingerprint density at radius 2 is 2.32 bits per heavy atom. The number of carbonyl (C=O) groups is 2. The van der Waals surface area contributed by atoms with Gasteiger partial charge in [0.1, 0.15) is 5.01 Å². The van der Waals surface area contributed by atoms with E-state index in [1.54, 1.807) is 22.7 Å². The molecule has 0 aromatic carbocycles. The van der Waals surface area contributed by atoms with Gasteiger partial charge in [-0.05, 0) is 42.2 Å². The van der Waals surface area contributed by atoms with Gasteiger partial charge in [0.15, 0.2) is 0 Å². The third kappa shape index (κ3) is 5.12. The van der Waals surface area contributed by atoms with E-state index in [0.29, 0.717) is 25.8 Å². The minimum absolute atomic E-state index is 0.0275. The lowest BCUT2D eigenvalue weighted by molar-refractivity contribution is -0.128. The molecule has 0 bridgehead atoms. The van der Waals surface area contributed by atoms with Crippen LogP contribution in [0.2, 0.25) is 0 Å². The van der Waals surface area contributed by atoms with Crippen LogP contribution in [0.25, 0.3) is 0 Å². The first-order chi connectivity index (χ1) is 12.1. The number of hydrogen-bond donors (Lipinski definition) is 1. The molecule has 2 amide bonds. The highest BCUT2D eigenvalue weighted by Gasteiger charge is 2.21. The molecule has 0 spiro atoms. The number of aromatic nitrogens is 1. The maximum atomic E-state index is 12.4. The number of thiophene rings is 1. The summed E-state index contributed by atoms with van der Waals surface area (Å²) in [5.74, 6) is 0.244. The number of carbonyl (C=O) groups excluding carboxylic acids is 2. The summed E-state index contributed by atoms with van der Waals surface area (Å²) in [7, 11) is 0. The molecule has 3 heterocycles. The predicted molar refractivity (Wildman–Crippen MR) is 101 cm³/mol. The number of hydrogen-bond acceptors (Lipinski definition) is 5. The number of amides is 2. The Hall–Kier alpha value is -1.73. The van der Waals surface area contributed by atoms with Crippen LogP contribution in [-0.2, 0) is 16.0 Å². The average Bonchev–Trinajstić information content (AvgIpc) is 3.31. The minimum Gasteiger partial charge on any atom is -0.347 e. The van der Waals surface area contributed by atoms with Gasteiger partial charge in [-0.15, -0.1) is 11.3 Å². The van der Waals surface area contributed by atoms with Gasteiger partial charge in [0.05, 0.1) is 6.04 Å². The summed E-state index contributed by atoms with van der Waals surface area (Å²) < 4.78 is 0. The van der Waals surface area contributed by atoms with E-state index in [-0.39, 0.29) is 17.9 Å². The van der Waals surface area contributed by atoms with Gasteiger partial charge in [-0.2, -0.15) is 11.3 Å². The van der Waals surface area contributed by atoms with Crippen molar-refractivity contribution in [1.82, 2.24) is 15.2 Å². The Balaban J connectivity index is 1.53. The van der Waals surface area contributed by atoms with Crippen molar-refractivity contribution in [2.45, 2.75) is 45.1 Å². The highest BCUT2D eigenvalue weighted by atomic mass is 32.1. The van der Waals surface area contributed by atoms with Gasteiger partial charge in [-0.25, -0.2) is 4.98 Å². The summed E-state index contributed by atoms with van der Waals surface area (Å²) in [4.78, 5) is 30.4. The quantitative estimate of drug-likeness (QED) is 0.768. The Kier molecular flexibility index (Phi) is 6.20. The Labute approximate surface area is 156 Å². The number of nitrogens with zero attached hydrogens (tertiary/aromatic N) is 2. The van der Waals surface area contributed by atoms with Gasteiger partial charge in [0.2, 0.25) is 11.8 Å². The zero-order valence-electron chi connectivity index (χ0n) is 14.4. The van der Waals surface area contributed by atoms with E-state index in [1.807, 2.05) is 22.6 Å². The fraction of sp³-hybridized carbons (Fsp3) is 0.500. The molecule has 1 aliphatic rings. The van der Waals surface area contributed by atoms with E-state index in [2.05, 4.69) is 21.7 Å². The molecule has 2 aromatic heterocycles. The van der Waals surface area contributed by atoms with E-state index in [4.69, 9.17) is 0 Å². The van der Waals surface area contributed by atoms with Crippen LogP contribution in [-0.4, -0.2) is 34.8 Å². The number of nitrogens with one attached hydrogen (secondary N) is 1. The van der Waals surface area contributed by atoms with E-state index in [9.17, 15) is 9.59 Å². The molecule has 3 rings (SSSR count). The summed E-state index contributed by atoms with van der Waals surface area (Å²) in [5.41, 5.74) is 2.20. The first-order valence-electron chi connectivity index (χ1n) is 8.62. The third-order valence-corrected chi connectivity index (χ3v) is 6.10. The SMILES string of the molecule is Cc1csc([C@@H](Cc2ccsc2)NC(=O)CCCN2CCCC2=O)n1. The lowest BCUT2D eigenvalue weighted by Gasteiger charge is -2.18. The van der Waals surface area contributed by atoms with Crippen LogP contribution in [0.1, 0.15) is 48.0 Å². The topological polar surface area (TPSA) is 62.3 Å². The van der Waals surface area contributed by atoms with Crippen molar-refractivity contribution in [2.24, 2.45) is 0 Å². The molecule has 25 heavy (non-hydrogen) atoms. The fourth-order valence-electron chi connectivity index (χ4n) is 3.01. The first kappa shape index (κ1) is 18.1. The van der Waals surface area contributed by atoms with Gasteiger partial charge >= 0.3 is 0 Å². The number of rotatable bonds is 8. The second-order valence-corrected chi connectivity index (χ2v) is 8.04. The normalized spacial score (nSPS) is 15.6. The van der Waals surface area contributed by atoms with Crippen molar-refractivity contribution in [2.75, 3.05) is 13.1 Å². The minimum atomic E-state index is -0.0887. The monoisotopic (exact) mass is 377 g/mol. The van der Waals surface area contributed by atoms with Crippen molar-refractivity contribution in [1.29, 1.82) is 0 Å². The van der Waals surface area contributed by atoms with E-state index >= 15 is 0 Å². The van der Waals surface area contributed by atoms with Crippen molar-refractivity contribution in [3.05, 3.63) is 38.5 Å². The Bertz CT molecular complexity index is 712. The van der Waals surface area contributed by atoms with Gasteiger partial charge < -0.3 is 10.2 Å². The highest BCUT2D eigenvalue weighted by Crippen LogP contribution is 2.23. The number of aryl methyl sites for hydroxylation is 1. The largest absolute Gasteiger partial charge is 0.347 e. The summed E-state index contributed by atoms with van der Waals surface area (Å²) >= 11 is 3.25. The van der Waals surface area contributed by atoms with Crippen molar-refractivity contribution in [3.8, 4) is 0 Å². The second-order valence-electron chi connectivity index (χ2n) is 6.37. The molecule has 0 unspecified atom stereocenters. The lowest BCUT2D eigenvalue weighted by atomic mass is 10.1. The van der Waals surface area contributed by atoms with Crippen LogP contribution in [0.5, 0.6) is 0 Å². The molecule has 7 heteroatoms. The number of thiazole rings is 1. The Morgan fingerprint density at radius 1 is 1.44 bits per heavy atom. The summed E-state index contributed by atoms with van der Waals surface area (Å²) in [6, 6.07) is 2.00. The van der Waals surface area contributed by atoms with E-state index in [0.717, 1.165) is 30.1 Å². The molecule has 5 nitrogen and oxygen atoms in total.